The Bertz CT molecular complexity index is 589. The number of hydrogen-bond acceptors (Lipinski definition) is 5. The zero-order chi connectivity index (χ0) is 11.5. The first kappa shape index (κ1) is 10.1. The van der Waals surface area contributed by atoms with Crippen LogP contribution in [-0.4, -0.2) is 23.3 Å². The molecule has 0 fully saturated rings. The van der Waals surface area contributed by atoms with E-state index >= 15 is 0 Å². The first-order valence-electron chi connectivity index (χ1n) is 4.50. The molecule has 2 aromatic rings. The van der Waals surface area contributed by atoms with Crippen molar-refractivity contribution in [2.24, 2.45) is 4.99 Å². The van der Waals surface area contributed by atoms with Gasteiger partial charge in [0.1, 0.15) is 11.5 Å². The molecule has 1 aromatic heterocycles. The van der Waals surface area contributed by atoms with Gasteiger partial charge in [0, 0.05) is 11.5 Å². The van der Waals surface area contributed by atoms with Gasteiger partial charge in [-0.1, -0.05) is 0 Å². The lowest BCUT2D eigenvalue weighted by Gasteiger charge is -2.04. The highest BCUT2D eigenvalue weighted by Gasteiger charge is 2.05. The highest BCUT2D eigenvalue weighted by atomic mass is 16.5. The van der Waals surface area contributed by atoms with Crippen LogP contribution in [0.2, 0.25) is 0 Å². The van der Waals surface area contributed by atoms with E-state index in [4.69, 9.17) is 4.74 Å². The molecule has 0 bridgehead atoms. The normalized spacial score (nSPS) is 9.81. The van der Waals surface area contributed by atoms with E-state index in [1.807, 2.05) is 0 Å². The smallest absolute Gasteiger partial charge is 0.242 e. The van der Waals surface area contributed by atoms with E-state index in [1.54, 1.807) is 18.2 Å². The molecule has 1 aromatic carbocycles. The van der Waals surface area contributed by atoms with Crippen LogP contribution in [-0.2, 0) is 4.79 Å². The molecule has 0 aliphatic rings. The summed E-state index contributed by atoms with van der Waals surface area (Å²) in [5.74, 6) is 0.749. The van der Waals surface area contributed by atoms with Gasteiger partial charge in [-0.2, -0.15) is 0 Å². The van der Waals surface area contributed by atoms with Gasteiger partial charge in [-0.25, -0.2) is 9.78 Å². The lowest BCUT2D eigenvalue weighted by atomic mass is 10.2. The molecule has 0 spiro atoms. The van der Waals surface area contributed by atoms with Crippen molar-refractivity contribution >= 4 is 22.8 Å². The van der Waals surface area contributed by atoms with Crippen molar-refractivity contribution in [2.45, 2.75) is 0 Å². The van der Waals surface area contributed by atoms with E-state index in [9.17, 15) is 9.90 Å². The lowest BCUT2D eigenvalue weighted by molar-refractivity contribution is 0.415. The molecule has 0 unspecified atom stereocenters. The molecular formula is C11H8N2O3. The van der Waals surface area contributed by atoms with E-state index < -0.39 is 0 Å². The average molecular weight is 216 g/mol. The SMILES string of the molecule is COc1ccc2nc(N=C=O)cc(O)c2c1. The predicted octanol–water partition coefficient (Wildman–Crippen LogP) is 1.92. The van der Waals surface area contributed by atoms with Crippen LogP contribution in [0.25, 0.3) is 10.9 Å². The minimum Gasteiger partial charge on any atom is -0.507 e. The first-order valence-corrected chi connectivity index (χ1v) is 4.50. The summed E-state index contributed by atoms with van der Waals surface area (Å²) in [5.41, 5.74) is 0.537. The summed E-state index contributed by atoms with van der Waals surface area (Å²) in [7, 11) is 1.54. The van der Waals surface area contributed by atoms with Crippen LogP contribution >= 0.6 is 0 Å². The maximum atomic E-state index is 10.1. The molecule has 0 aliphatic heterocycles. The molecule has 0 aliphatic carbocycles. The van der Waals surface area contributed by atoms with Crippen molar-refractivity contribution in [3.8, 4) is 11.5 Å². The summed E-state index contributed by atoms with van der Waals surface area (Å²) in [5, 5.41) is 10.3. The molecule has 2 rings (SSSR count). The van der Waals surface area contributed by atoms with Gasteiger partial charge in [0.25, 0.3) is 0 Å². The number of methoxy groups -OCH3 is 1. The Morgan fingerprint density at radius 2 is 2.25 bits per heavy atom. The summed E-state index contributed by atoms with van der Waals surface area (Å²) < 4.78 is 5.03. The largest absolute Gasteiger partial charge is 0.507 e. The van der Waals surface area contributed by atoms with Gasteiger partial charge in [0.05, 0.1) is 12.6 Å². The second-order valence-electron chi connectivity index (χ2n) is 3.09. The molecule has 0 atom stereocenters. The number of rotatable bonds is 2. The van der Waals surface area contributed by atoms with Crippen LogP contribution in [0.5, 0.6) is 11.5 Å². The standard InChI is InChI=1S/C11H8N2O3/c1-16-7-2-3-9-8(4-7)10(15)5-11(13-9)12-6-14/h2-5H,1H3,(H,13,15). The van der Waals surface area contributed by atoms with E-state index in [-0.39, 0.29) is 11.6 Å². The van der Waals surface area contributed by atoms with Crippen LogP contribution in [0, 0.1) is 0 Å². The number of ether oxygens (including phenoxy) is 1. The van der Waals surface area contributed by atoms with Gasteiger partial charge in [-0.05, 0) is 18.2 Å². The van der Waals surface area contributed by atoms with E-state index in [0.717, 1.165) is 0 Å². The Morgan fingerprint density at radius 3 is 2.94 bits per heavy atom. The van der Waals surface area contributed by atoms with E-state index in [0.29, 0.717) is 16.7 Å². The number of carbonyl (C=O) groups excluding carboxylic acids is 1. The van der Waals surface area contributed by atoms with Gasteiger partial charge >= 0.3 is 0 Å². The fourth-order valence-electron chi connectivity index (χ4n) is 1.40. The number of nitrogens with zero attached hydrogens (tertiary/aromatic N) is 2. The molecule has 1 N–H and O–H groups in total. The third-order valence-electron chi connectivity index (χ3n) is 2.14. The molecule has 5 nitrogen and oxygen atoms in total. The Kier molecular flexibility index (Phi) is 2.54. The number of aromatic nitrogens is 1. The molecule has 0 saturated heterocycles. The average Bonchev–Trinajstić information content (AvgIpc) is 2.29. The van der Waals surface area contributed by atoms with Crippen LogP contribution in [0.4, 0.5) is 5.82 Å². The zero-order valence-corrected chi connectivity index (χ0v) is 8.47. The summed E-state index contributed by atoms with van der Waals surface area (Å²) in [6, 6.07) is 6.35. The number of hydrogen-bond donors (Lipinski definition) is 1. The van der Waals surface area contributed by atoms with Crippen molar-refractivity contribution in [3.63, 3.8) is 0 Å². The highest BCUT2D eigenvalue weighted by Crippen LogP contribution is 2.30. The Hall–Kier alpha value is -2.39. The van der Waals surface area contributed by atoms with Crippen LogP contribution in [0.3, 0.4) is 0 Å². The number of aliphatic imine (C=N–C) groups is 1. The van der Waals surface area contributed by atoms with Crippen molar-refractivity contribution in [1.29, 1.82) is 0 Å². The van der Waals surface area contributed by atoms with Crippen molar-refractivity contribution in [2.75, 3.05) is 7.11 Å². The Balaban J connectivity index is 2.70. The summed E-state index contributed by atoms with van der Waals surface area (Å²) >= 11 is 0. The number of benzene rings is 1. The third kappa shape index (κ3) is 1.71. The fourth-order valence-corrected chi connectivity index (χ4v) is 1.40. The summed E-state index contributed by atoms with van der Waals surface area (Å²) in [6.07, 6.45) is 1.38. The summed E-state index contributed by atoms with van der Waals surface area (Å²) in [4.78, 5) is 17.5. The van der Waals surface area contributed by atoms with E-state index in [2.05, 4.69) is 9.98 Å². The monoisotopic (exact) mass is 216 g/mol. The minimum atomic E-state index is -0.00194. The maximum absolute atomic E-state index is 10.1. The van der Waals surface area contributed by atoms with Crippen LogP contribution in [0.15, 0.2) is 29.3 Å². The van der Waals surface area contributed by atoms with Gasteiger partial charge < -0.3 is 9.84 Å². The topological polar surface area (TPSA) is 71.8 Å². The van der Waals surface area contributed by atoms with Gasteiger partial charge in [0.2, 0.25) is 6.08 Å². The summed E-state index contributed by atoms with van der Waals surface area (Å²) in [6.45, 7) is 0. The zero-order valence-electron chi connectivity index (χ0n) is 8.47. The van der Waals surface area contributed by atoms with Crippen molar-refractivity contribution in [1.82, 2.24) is 4.98 Å². The number of fused-ring (bicyclic) bond motifs is 1. The maximum Gasteiger partial charge on any atom is 0.242 e. The highest BCUT2D eigenvalue weighted by molar-refractivity contribution is 5.87. The quantitative estimate of drug-likeness (QED) is 0.614. The van der Waals surface area contributed by atoms with Gasteiger partial charge in [-0.3, -0.25) is 0 Å². The fraction of sp³-hybridized carbons (Fsp3) is 0.0909. The van der Waals surface area contributed by atoms with E-state index in [1.165, 1.54) is 19.3 Å². The van der Waals surface area contributed by atoms with Gasteiger partial charge in [0.15, 0.2) is 5.82 Å². The van der Waals surface area contributed by atoms with Gasteiger partial charge in [-0.15, -0.1) is 4.99 Å². The molecule has 16 heavy (non-hydrogen) atoms. The van der Waals surface area contributed by atoms with Crippen LogP contribution in [0.1, 0.15) is 0 Å². The number of isocyanates is 1. The second-order valence-corrected chi connectivity index (χ2v) is 3.09. The molecular weight excluding hydrogens is 208 g/mol. The predicted molar refractivity (Wildman–Crippen MR) is 57.7 cm³/mol. The number of aromatic hydroxyl groups is 1. The van der Waals surface area contributed by atoms with Crippen molar-refractivity contribution in [3.05, 3.63) is 24.3 Å². The Morgan fingerprint density at radius 1 is 1.44 bits per heavy atom. The molecule has 1 heterocycles. The third-order valence-corrected chi connectivity index (χ3v) is 2.14. The molecule has 0 saturated carbocycles. The molecule has 0 amide bonds. The molecule has 5 heteroatoms. The lowest BCUT2D eigenvalue weighted by Crippen LogP contribution is -1.85. The first-order chi connectivity index (χ1) is 7.74. The Labute approximate surface area is 91.0 Å². The molecule has 80 valence electrons. The van der Waals surface area contributed by atoms with Crippen LogP contribution < -0.4 is 4.74 Å². The second kappa shape index (κ2) is 4.00. The minimum absolute atomic E-state index is 0.00194. The molecule has 0 radical (unpaired) electrons. The van der Waals surface area contributed by atoms with Crippen molar-refractivity contribution < 1.29 is 14.6 Å². The number of pyridine rings is 1.